The molecule has 3 aromatic rings. The van der Waals surface area contributed by atoms with Gasteiger partial charge in [-0.2, -0.15) is 0 Å². The second-order valence-corrected chi connectivity index (χ2v) is 6.97. The van der Waals surface area contributed by atoms with E-state index in [-0.39, 0.29) is 18.1 Å². The van der Waals surface area contributed by atoms with Crippen molar-refractivity contribution in [2.24, 2.45) is 5.92 Å². The van der Waals surface area contributed by atoms with E-state index in [1.807, 2.05) is 13.8 Å². The summed E-state index contributed by atoms with van der Waals surface area (Å²) < 4.78 is 15.5. The van der Waals surface area contributed by atoms with Crippen LogP contribution in [0.5, 0.6) is 0 Å². The van der Waals surface area contributed by atoms with Crippen LogP contribution < -0.4 is 16.0 Å². The quantitative estimate of drug-likeness (QED) is 0.524. The SMILES string of the molecule is CC(C)CNC(=O)c1ccccc1NC(=O)CNc1cc(-n2cnnn2)ccc1F. The Bertz CT molecular complexity index is 1020. The molecular formula is C20H22FN7O2. The molecule has 30 heavy (non-hydrogen) atoms. The summed E-state index contributed by atoms with van der Waals surface area (Å²) in [5.74, 6) is -0.911. The summed E-state index contributed by atoms with van der Waals surface area (Å²) in [5.41, 5.74) is 1.41. The van der Waals surface area contributed by atoms with E-state index in [0.29, 0.717) is 29.4 Å². The number of aromatic nitrogens is 4. The summed E-state index contributed by atoms with van der Waals surface area (Å²) in [6.07, 6.45) is 1.38. The van der Waals surface area contributed by atoms with Gasteiger partial charge < -0.3 is 16.0 Å². The first-order chi connectivity index (χ1) is 14.4. The first kappa shape index (κ1) is 20.9. The van der Waals surface area contributed by atoms with Crippen molar-refractivity contribution in [3.8, 4) is 5.69 Å². The van der Waals surface area contributed by atoms with Crippen molar-refractivity contribution in [3.63, 3.8) is 0 Å². The van der Waals surface area contributed by atoms with Crippen LogP contribution in [0.15, 0.2) is 48.8 Å². The number of amides is 2. The molecule has 0 bridgehead atoms. The largest absolute Gasteiger partial charge is 0.374 e. The van der Waals surface area contributed by atoms with Crippen molar-refractivity contribution in [3.05, 3.63) is 60.2 Å². The normalized spacial score (nSPS) is 10.7. The first-order valence-corrected chi connectivity index (χ1v) is 9.38. The van der Waals surface area contributed by atoms with E-state index in [4.69, 9.17) is 0 Å². The third-order valence-corrected chi connectivity index (χ3v) is 4.12. The third-order valence-electron chi connectivity index (χ3n) is 4.12. The minimum absolute atomic E-state index is 0.126. The van der Waals surface area contributed by atoms with Crippen LogP contribution in [0.3, 0.4) is 0 Å². The van der Waals surface area contributed by atoms with Crippen LogP contribution in [0.2, 0.25) is 0 Å². The van der Waals surface area contributed by atoms with Gasteiger partial charge in [-0.25, -0.2) is 9.07 Å². The third kappa shape index (κ3) is 5.37. The number of carbonyl (C=O) groups excluding carboxylic acids is 2. The van der Waals surface area contributed by atoms with Gasteiger partial charge in [0.25, 0.3) is 5.91 Å². The molecule has 0 saturated carbocycles. The summed E-state index contributed by atoms with van der Waals surface area (Å²) >= 11 is 0. The van der Waals surface area contributed by atoms with E-state index < -0.39 is 11.7 Å². The molecule has 0 atom stereocenters. The average Bonchev–Trinajstić information content (AvgIpc) is 3.26. The lowest BCUT2D eigenvalue weighted by Crippen LogP contribution is -2.29. The minimum Gasteiger partial charge on any atom is -0.374 e. The molecule has 156 valence electrons. The average molecular weight is 411 g/mol. The summed E-state index contributed by atoms with van der Waals surface area (Å²) in [4.78, 5) is 24.8. The highest BCUT2D eigenvalue weighted by Gasteiger charge is 2.14. The maximum Gasteiger partial charge on any atom is 0.253 e. The summed E-state index contributed by atoms with van der Waals surface area (Å²) in [6, 6.07) is 11.0. The van der Waals surface area contributed by atoms with E-state index in [0.717, 1.165) is 0 Å². The highest BCUT2D eigenvalue weighted by Crippen LogP contribution is 2.19. The highest BCUT2D eigenvalue weighted by atomic mass is 19.1. The van der Waals surface area contributed by atoms with Gasteiger partial charge >= 0.3 is 0 Å². The number of hydrogen-bond acceptors (Lipinski definition) is 6. The van der Waals surface area contributed by atoms with Gasteiger partial charge in [0.05, 0.1) is 29.2 Å². The van der Waals surface area contributed by atoms with Crippen molar-refractivity contribution >= 4 is 23.2 Å². The highest BCUT2D eigenvalue weighted by molar-refractivity contribution is 6.04. The van der Waals surface area contributed by atoms with Crippen LogP contribution in [0.25, 0.3) is 5.69 Å². The molecule has 0 spiro atoms. The molecule has 0 aliphatic carbocycles. The number of hydrogen-bond donors (Lipinski definition) is 3. The zero-order valence-corrected chi connectivity index (χ0v) is 16.6. The lowest BCUT2D eigenvalue weighted by atomic mass is 10.1. The van der Waals surface area contributed by atoms with Crippen LogP contribution in [0, 0.1) is 11.7 Å². The number of anilines is 2. The standard InChI is InChI=1S/C20H22FN7O2/c1-13(2)10-23-20(30)15-5-3-4-6-17(15)25-19(29)11-22-18-9-14(7-8-16(18)21)28-12-24-26-27-28/h3-9,12-13,22H,10-11H2,1-2H3,(H,23,30)(H,25,29). The molecule has 3 N–H and O–H groups in total. The molecule has 1 aromatic heterocycles. The van der Waals surface area contributed by atoms with Crippen molar-refractivity contribution in [2.75, 3.05) is 23.7 Å². The molecule has 2 amide bonds. The zero-order chi connectivity index (χ0) is 21.5. The molecular weight excluding hydrogens is 389 g/mol. The molecule has 0 fully saturated rings. The lowest BCUT2D eigenvalue weighted by Gasteiger charge is -2.13. The Balaban J connectivity index is 1.65. The Labute approximate surface area is 172 Å². The maximum atomic E-state index is 14.1. The fraction of sp³-hybridized carbons (Fsp3) is 0.250. The Morgan fingerprint density at radius 1 is 1.13 bits per heavy atom. The molecule has 0 aliphatic heterocycles. The Morgan fingerprint density at radius 2 is 1.93 bits per heavy atom. The minimum atomic E-state index is -0.520. The van der Waals surface area contributed by atoms with Gasteiger partial charge in [0.1, 0.15) is 12.1 Å². The molecule has 0 radical (unpaired) electrons. The van der Waals surface area contributed by atoms with Gasteiger partial charge in [0.15, 0.2) is 0 Å². The van der Waals surface area contributed by atoms with Gasteiger partial charge in [0, 0.05) is 6.54 Å². The van der Waals surface area contributed by atoms with Crippen LogP contribution in [-0.4, -0.2) is 45.1 Å². The van der Waals surface area contributed by atoms with Gasteiger partial charge in [-0.1, -0.05) is 26.0 Å². The summed E-state index contributed by atoms with van der Waals surface area (Å²) in [5, 5.41) is 19.1. The number of benzene rings is 2. The number of para-hydroxylation sites is 1. The number of nitrogens with zero attached hydrogens (tertiary/aromatic N) is 4. The number of rotatable bonds is 8. The molecule has 10 heteroatoms. The first-order valence-electron chi connectivity index (χ1n) is 9.38. The Hall–Kier alpha value is -3.82. The Kier molecular flexibility index (Phi) is 6.68. The number of carbonyl (C=O) groups is 2. The topological polar surface area (TPSA) is 114 Å². The monoisotopic (exact) mass is 411 g/mol. The van der Waals surface area contributed by atoms with Crippen molar-refractivity contribution in [1.29, 1.82) is 0 Å². The van der Waals surface area contributed by atoms with Crippen molar-refractivity contribution < 1.29 is 14.0 Å². The summed E-state index contributed by atoms with van der Waals surface area (Å²) in [6.45, 7) is 4.32. The molecule has 1 heterocycles. The predicted molar refractivity (Wildman–Crippen MR) is 110 cm³/mol. The smallest absolute Gasteiger partial charge is 0.253 e. The lowest BCUT2D eigenvalue weighted by molar-refractivity contribution is -0.114. The van der Waals surface area contributed by atoms with Crippen LogP contribution in [-0.2, 0) is 4.79 Å². The molecule has 0 aliphatic rings. The number of nitrogens with one attached hydrogen (secondary N) is 3. The van der Waals surface area contributed by atoms with E-state index >= 15 is 0 Å². The fourth-order valence-electron chi connectivity index (χ4n) is 2.62. The van der Waals surface area contributed by atoms with Crippen LogP contribution >= 0.6 is 0 Å². The van der Waals surface area contributed by atoms with Gasteiger partial charge in [-0.3, -0.25) is 9.59 Å². The van der Waals surface area contributed by atoms with Crippen LogP contribution in [0.1, 0.15) is 24.2 Å². The fourth-order valence-corrected chi connectivity index (χ4v) is 2.62. The predicted octanol–water partition coefficient (Wildman–Crippen LogP) is 2.24. The molecule has 9 nitrogen and oxygen atoms in total. The van der Waals surface area contributed by atoms with E-state index in [1.165, 1.54) is 29.2 Å². The zero-order valence-electron chi connectivity index (χ0n) is 16.6. The molecule has 0 unspecified atom stereocenters. The van der Waals surface area contributed by atoms with Crippen molar-refractivity contribution in [2.45, 2.75) is 13.8 Å². The molecule has 2 aromatic carbocycles. The summed E-state index contributed by atoms with van der Waals surface area (Å²) in [7, 11) is 0. The number of tetrazole rings is 1. The van der Waals surface area contributed by atoms with E-state index in [9.17, 15) is 14.0 Å². The van der Waals surface area contributed by atoms with Gasteiger partial charge in [-0.05, 0) is 46.7 Å². The van der Waals surface area contributed by atoms with Crippen LogP contribution in [0.4, 0.5) is 15.8 Å². The van der Waals surface area contributed by atoms with Gasteiger partial charge in [0.2, 0.25) is 5.91 Å². The Morgan fingerprint density at radius 3 is 2.67 bits per heavy atom. The number of halogens is 1. The molecule has 3 rings (SSSR count). The van der Waals surface area contributed by atoms with Gasteiger partial charge in [-0.15, -0.1) is 5.10 Å². The maximum absolute atomic E-state index is 14.1. The second-order valence-electron chi connectivity index (χ2n) is 6.97. The van der Waals surface area contributed by atoms with Crippen molar-refractivity contribution in [1.82, 2.24) is 25.5 Å². The molecule has 0 saturated heterocycles. The van der Waals surface area contributed by atoms with E-state index in [2.05, 4.69) is 31.5 Å². The second kappa shape index (κ2) is 9.59. The van der Waals surface area contributed by atoms with E-state index in [1.54, 1.807) is 24.3 Å².